The molecule has 16 heavy (non-hydrogen) atoms. The smallest absolute Gasteiger partial charge is 0.311 e. The van der Waals surface area contributed by atoms with Gasteiger partial charge in [0, 0.05) is 0 Å². The van der Waals surface area contributed by atoms with Gasteiger partial charge >= 0.3 is 5.97 Å². The normalized spacial score (nSPS) is 17.9. The van der Waals surface area contributed by atoms with Crippen LogP contribution in [0.3, 0.4) is 0 Å². The molecule has 0 spiro atoms. The summed E-state index contributed by atoms with van der Waals surface area (Å²) in [6, 6.07) is 6.95. The topological polar surface area (TPSA) is 72.8 Å². The number of hydrogen-bond donors (Lipinski definition) is 1. The highest BCUT2D eigenvalue weighted by molar-refractivity contribution is 5.97. The van der Waals surface area contributed by atoms with Crippen LogP contribution in [0, 0.1) is 0 Å². The fourth-order valence-corrected chi connectivity index (χ4v) is 1.44. The molecule has 0 fully saturated rings. The second-order valence-electron chi connectivity index (χ2n) is 3.40. The number of ether oxygens (including phenoxy) is 2. The standard InChI is InChI=1S/C11H10O5/c12-7(5-11(13)14)10-6-15-8-3-1-2-4-9(8)16-10/h1-4,10H,5-6H2,(H,13,14). The Balaban J connectivity index is 2.08. The summed E-state index contributed by atoms with van der Waals surface area (Å²) in [6.07, 6.45) is -1.37. The summed E-state index contributed by atoms with van der Waals surface area (Å²) in [6.45, 7) is 0.0587. The molecule has 1 heterocycles. The first-order valence-electron chi connectivity index (χ1n) is 4.80. The fourth-order valence-electron chi connectivity index (χ4n) is 1.44. The van der Waals surface area contributed by atoms with Crippen molar-refractivity contribution < 1.29 is 24.2 Å². The van der Waals surface area contributed by atoms with E-state index < -0.39 is 24.3 Å². The summed E-state index contributed by atoms with van der Waals surface area (Å²) in [5.41, 5.74) is 0. The van der Waals surface area contributed by atoms with Gasteiger partial charge in [-0.25, -0.2) is 0 Å². The van der Waals surface area contributed by atoms with Gasteiger partial charge in [-0.05, 0) is 12.1 Å². The van der Waals surface area contributed by atoms with Crippen LogP contribution < -0.4 is 9.47 Å². The molecule has 0 amide bonds. The average Bonchev–Trinajstić information content (AvgIpc) is 2.27. The van der Waals surface area contributed by atoms with Crippen molar-refractivity contribution in [1.82, 2.24) is 0 Å². The van der Waals surface area contributed by atoms with E-state index in [2.05, 4.69) is 0 Å². The number of carboxylic acid groups (broad SMARTS) is 1. The number of aliphatic carboxylic acids is 1. The Labute approximate surface area is 91.6 Å². The minimum Gasteiger partial charge on any atom is -0.485 e. The van der Waals surface area contributed by atoms with E-state index >= 15 is 0 Å². The maximum atomic E-state index is 11.4. The molecule has 1 unspecified atom stereocenters. The molecule has 5 heteroatoms. The summed E-state index contributed by atoms with van der Waals surface area (Å²) in [4.78, 5) is 21.8. The average molecular weight is 222 g/mol. The zero-order chi connectivity index (χ0) is 11.5. The zero-order valence-electron chi connectivity index (χ0n) is 8.38. The molecule has 0 saturated heterocycles. The predicted molar refractivity (Wildman–Crippen MR) is 53.6 cm³/mol. The molecule has 1 aliphatic rings. The van der Waals surface area contributed by atoms with E-state index in [1.807, 2.05) is 0 Å². The maximum Gasteiger partial charge on any atom is 0.311 e. The highest BCUT2D eigenvalue weighted by Crippen LogP contribution is 2.31. The van der Waals surface area contributed by atoms with Gasteiger partial charge in [-0.2, -0.15) is 0 Å². The SMILES string of the molecule is O=C(O)CC(=O)C1COc2ccccc2O1. The second kappa shape index (κ2) is 4.22. The van der Waals surface area contributed by atoms with Crippen LogP contribution in [0.25, 0.3) is 0 Å². The number of ketones is 1. The van der Waals surface area contributed by atoms with E-state index in [0.29, 0.717) is 11.5 Å². The van der Waals surface area contributed by atoms with Crippen molar-refractivity contribution in [2.24, 2.45) is 0 Å². The van der Waals surface area contributed by atoms with Crippen LogP contribution in [0.5, 0.6) is 11.5 Å². The van der Waals surface area contributed by atoms with Gasteiger partial charge < -0.3 is 14.6 Å². The minimum absolute atomic E-state index is 0.0587. The van der Waals surface area contributed by atoms with Crippen LogP contribution in [-0.4, -0.2) is 29.6 Å². The Morgan fingerprint density at radius 3 is 2.69 bits per heavy atom. The third kappa shape index (κ3) is 2.13. The van der Waals surface area contributed by atoms with Gasteiger partial charge in [-0.3, -0.25) is 9.59 Å². The Bertz CT molecular complexity index is 426. The van der Waals surface area contributed by atoms with Crippen LogP contribution in [0.4, 0.5) is 0 Å². The second-order valence-corrected chi connectivity index (χ2v) is 3.40. The van der Waals surface area contributed by atoms with Gasteiger partial charge in [0.1, 0.15) is 13.0 Å². The van der Waals surface area contributed by atoms with Crippen LogP contribution in [-0.2, 0) is 9.59 Å². The lowest BCUT2D eigenvalue weighted by Gasteiger charge is -2.24. The first-order valence-corrected chi connectivity index (χ1v) is 4.80. The molecule has 0 radical (unpaired) electrons. The predicted octanol–water partition coefficient (Wildman–Crippen LogP) is 0.870. The van der Waals surface area contributed by atoms with Gasteiger partial charge in [0.2, 0.25) is 0 Å². The molecule has 0 saturated carbocycles. The van der Waals surface area contributed by atoms with E-state index in [4.69, 9.17) is 14.6 Å². The van der Waals surface area contributed by atoms with Gasteiger partial charge in [0.15, 0.2) is 23.4 Å². The highest BCUT2D eigenvalue weighted by Gasteiger charge is 2.28. The number of carboxylic acids is 1. The lowest BCUT2D eigenvalue weighted by molar-refractivity contribution is -0.142. The molecule has 1 aliphatic heterocycles. The zero-order valence-corrected chi connectivity index (χ0v) is 8.38. The number of carbonyl (C=O) groups excluding carboxylic acids is 1. The fraction of sp³-hybridized carbons (Fsp3) is 0.273. The number of carbonyl (C=O) groups is 2. The number of rotatable bonds is 3. The molecule has 0 aromatic heterocycles. The summed E-state index contributed by atoms with van der Waals surface area (Å²) >= 11 is 0. The molecular formula is C11H10O5. The van der Waals surface area contributed by atoms with Crippen molar-refractivity contribution in [2.75, 3.05) is 6.61 Å². The molecule has 0 bridgehead atoms. The highest BCUT2D eigenvalue weighted by atomic mass is 16.6. The lowest BCUT2D eigenvalue weighted by Crippen LogP contribution is -2.37. The maximum absolute atomic E-state index is 11.4. The number of para-hydroxylation sites is 2. The molecule has 2 rings (SSSR count). The Kier molecular flexibility index (Phi) is 2.76. The van der Waals surface area contributed by atoms with Crippen molar-refractivity contribution in [3.63, 3.8) is 0 Å². The number of hydrogen-bond acceptors (Lipinski definition) is 4. The van der Waals surface area contributed by atoms with Crippen LogP contribution >= 0.6 is 0 Å². The summed E-state index contributed by atoms with van der Waals surface area (Å²) in [5.74, 6) is -0.603. The third-order valence-corrected chi connectivity index (χ3v) is 2.19. The van der Waals surface area contributed by atoms with E-state index in [0.717, 1.165) is 0 Å². The van der Waals surface area contributed by atoms with Crippen molar-refractivity contribution in [3.8, 4) is 11.5 Å². The molecule has 84 valence electrons. The Morgan fingerprint density at radius 1 is 1.31 bits per heavy atom. The Hall–Kier alpha value is -2.04. The van der Waals surface area contributed by atoms with Crippen LogP contribution in [0.15, 0.2) is 24.3 Å². The molecule has 1 N–H and O–H groups in total. The molecule has 0 aliphatic carbocycles. The number of Topliss-reactive ketones (excluding diaryl/α,β-unsaturated/α-hetero) is 1. The van der Waals surface area contributed by atoms with Gasteiger partial charge in [-0.15, -0.1) is 0 Å². The molecule has 1 atom stereocenters. The Morgan fingerprint density at radius 2 is 2.00 bits per heavy atom. The van der Waals surface area contributed by atoms with Crippen molar-refractivity contribution in [3.05, 3.63) is 24.3 Å². The monoisotopic (exact) mass is 222 g/mol. The third-order valence-electron chi connectivity index (χ3n) is 2.19. The molecular weight excluding hydrogens is 212 g/mol. The van der Waals surface area contributed by atoms with E-state index in [9.17, 15) is 9.59 Å². The largest absolute Gasteiger partial charge is 0.485 e. The molecule has 1 aromatic rings. The first-order chi connectivity index (χ1) is 7.66. The van der Waals surface area contributed by atoms with Crippen LogP contribution in [0.2, 0.25) is 0 Å². The quantitative estimate of drug-likeness (QED) is 0.768. The number of fused-ring (bicyclic) bond motifs is 1. The summed E-state index contributed by atoms with van der Waals surface area (Å²) < 4.78 is 10.7. The van der Waals surface area contributed by atoms with Gasteiger partial charge in [-0.1, -0.05) is 12.1 Å². The van der Waals surface area contributed by atoms with Gasteiger partial charge in [0.25, 0.3) is 0 Å². The molecule has 1 aromatic carbocycles. The summed E-state index contributed by atoms with van der Waals surface area (Å²) in [7, 11) is 0. The summed E-state index contributed by atoms with van der Waals surface area (Å²) in [5, 5.41) is 8.49. The minimum atomic E-state index is -1.16. The van der Waals surface area contributed by atoms with Gasteiger partial charge in [0.05, 0.1) is 0 Å². The van der Waals surface area contributed by atoms with E-state index in [1.54, 1.807) is 24.3 Å². The first kappa shape index (κ1) is 10.5. The van der Waals surface area contributed by atoms with Crippen molar-refractivity contribution in [2.45, 2.75) is 12.5 Å². The van der Waals surface area contributed by atoms with E-state index in [-0.39, 0.29) is 6.61 Å². The lowest BCUT2D eigenvalue weighted by atomic mass is 10.1. The number of benzene rings is 1. The van der Waals surface area contributed by atoms with Crippen LogP contribution in [0.1, 0.15) is 6.42 Å². The molecule has 5 nitrogen and oxygen atoms in total. The van der Waals surface area contributed by atoms with E-state index in [1.165, 1.54) is 0 Å². The van der Waals surface area contributed by atoms with Crippen molar-refractivity contribution in [1.29, 1.82) is 0 Å². The van der Waals surface area contributed by atoms with Crippen molar-refractivity contribution >= 4 is 11.8 Å².